The lowest BCUT2D eigenvalue weighted by Gasteiger charge is -2.37. The third-order valence-electron chi connectivity index (χ3n) is 2.93. The molecule has 1 aliphatic heterocycles. The Morgan fingerprint density at radius 1 is 1.47 bits per heavy atom. The number of fused-ring (bicyclic) bond motifs is 1. The van der Waals surface area contributed by atoms with E-state index >= 15 is 0 Å². The lowest BCUT2D eigenvalue weighted by molar-refractivity contribution is 0.0649. The summed E-state index contributed by atoms with van der Waals surface area (Å²) in [7, 11) is 0. The topological polar surface area (TPSA) is 70.4 Å². The monoisotopic (exact) mass is 234 g/mol. The molecule has 5 nitrogen and oxygen atoms in total. The number of hydrogen-bond donors (Lipinski definition) is 3. The zero-order valence-electron chi connectivity index (χ0n) is 9.94. The molecule has 0 spiro atoms. The van der Waals surface area contributed by atoms with Crippen LogP contribution in [0, 0.1) is 0 Å². The van der Waals surface area contributed by atoms with Crippen LogP contribution in [0.25, 0.3) is 0 Å². The Balaban J connectivity index is 2.26. The minimum atomic E-state index is -0.330. The van der Waals surface area contributed by atoms with Crippen LogP contribution in [-0.4, -0.2) is 23.6 Å². The van der Waals surface area contributed by atoms with Crippen LogP contribution in [-0.2, 0) is 0 Å². The van der Waals surface area contributed by atoms with Crippen LogP contribution in [0.1, 0.15) is 30.1 Å². The number of hydrazine groups is 1. The minimum Gasteiger partial charge on any atom is -0.351 e. The largest absolute Gasteiger partial charge is 0.351 e. The zero-order valence-corrected chi connectivity index (χ0v) is 9.94. The molecular weight excluding hydrogens is 216 g/mol. The summed E-state index contributed by atoms with van der Waals surface area (Å²) in [6.45, 7) is 2.80. The average molecular weight is 234 g/mol. The van der Waals surface area contributed by atoms with Crippen molar-refractivity contribution in [3.63, 3.8) is 0 Å². The maximum absolute atomic E-state index is 12.3. The molecule has 0 saturated heterocycles. The summed E-state index contributed by atoms with van der Waals surface area (Å²) in [5.41, 5.74) is 4.16. The molecule has 0 radical (unpaired) electrons. The van der Waals surface area contributed by atoms with E-state index in [4.69, 9.17) is 5.84 Å². The van der Waals surface area contributed by atoms with E-state index in [-0.39, 0.29) is 12.2 Å². The van der Waals surface area contributed by atoms with E-state index in [1.165, 1.54) is 0 Å². The smallest absolute Gasteiger partial charge is 0.258 e. The van der Waals surface area contributed by atoms with Gasteiger partial charge in [-0.05, 0) is 18.6 Å². The summed E-state index contributed by atoms with van der Waals surface area (Å²) < 4.78 is 0. The van der Waals surface area contributed by atoms with Crippen molar-refractivity contribution in [2.24, 2.45) is 5.84 Å². The molecule has 1 amide bonds. The summed E-state index contributed by atoms with van der Waals surface area (Å²) in [6.07, 6.45) is 1.68. The maximum atomic E-state index is 12.3. The number of amides is 1. The first kappa shape index (κ1) is 11.9. The third kappa shape index (κ3) is 2.25. The number of nitrogens with zero attached hydrogens (tertiary/aromatic N) is 1. The summed E-state index contributed by atoms with van der Waals surface area (Å²) in [5, 5.41) is 3.21. The number of nitrogens with one attached hydrogen (secondary N) is 2. The van der Waals surface area contributed by atoms with Gasteiger partial charge >= 0.3 is 0 Å². The van der Waals surface area contributed by atoms with Crippen molar-refractivity contribution in [2.75, 3.05) is 11.9 Å². The Morgan fingerprint density at radius 3 is 2.94 bits per heavy atom. The van der Waals surface area contributed by atoms with Crippen LogP contribution in [0.3, 0.4) is 0 Å². The van der Waals surface area contributed by atoms with Gasteiger partial charge in [0.1, 0.15) is 0 Å². The molecule has 0 saturated carbocycles. The van der Waals surface area contributed by atoms with E-state index in [0.29, 0.717) is 12.1 Å². The van der Waals surface area contributed by atoms with E-state index < -0.39 is 0 Å². The second-order valence-electron chi connectivity index (χ2n) is 4.11. The highest BCUT2D eigenvalue weighted by Crippen LogP contribution is 2.24. The van der Waals surface area contributed by atoms with Crippen LogP contribution in [0.15, 0.2) is 24.3 Å². The highest BCUT2D eigenvalue weighted by atomic mass is 16.2. The maximum Gasteiger partial charge on any atom is 0.258 e. The van der Waals surface area contributed by atoms with Gasteiger partial charge in [-0.3, -0.25) is 10.6 Å². The molecule has 1 unspecified atom stereocenters. The standard InChI is InChI=1S/C12H18N4O/c1-2-3-8-16-11(17)9-6-4-5-7-10(9)14-12(16)15-13/h4-7,12,14-15H,2-3,8,13H2,1H3. The van der Waals surface area contributed by atoms with Gasteiger partial charge in [-0.2, -0.15) is 0 Å². The van der Waals surface area contributed by atoms with Gasteiger partial charge in [0.05, 0.1) is 5.56 Å². The van der Waals surface area contributed by atoms with E-state index in [0.717, 1.165) is 18.5 Å². The number of rotatable bonds is 4. The van der Waals surface area contributed by atoms with E-state index in [1.807, 2.05) is 24.3 Å². The Kier molecular flexibility index (Phi) is 3.61. The van der Waals surface area contributed by atoms with Crippen LogP contribution in [0.2, 0.25) is 0 Å². The van der Waals surface area contributed by atoms with Crippen LogP contribution in [0.5, 0.6) is 0 Å². The van der Waals surface area contributed by atoms with Crippen LogP contribution >= 0.6 is 0 Å². The van der Waals surface area contributed by atoms with Crippen molar-refractivity contribution in [1.82, 2.24) is 10.3 Å². The van der Waals surface area contributed by atoms with Gasteiger partial charge in [-0.1, -0.05) is 25.5 Å². The average Bonchev–Trinajstić information content (AvgIpc) is 2.37. The molecule has 0 fully saturated rings. The number of anilines is 1. The Labute approximate surface area is 101 Å². The van der Waals surface area contributed by atoms with Crippen molar-refractivity contribution >= 4 is 11.6 Å². The fourth-order valence-corrected chi connectivity index (χ4v) is 1.98. The van der Waals surface area contributed by atoms with Crippen molar-refractivity contribution in [3.8, 4) is 0 Å². The molecule has 0 aliphatic carbocycles. The molecule has 4 N–H and O–H groups in total. The second-order valence-corrected chi connectivity index (χ2v) is 4.11. The number of carbonyl (C=O) groups is 1. The normalized spacial score (nSPS) is 18.8. The Bertz CT molecular complexity index is 407. The van der Waals surface area contributed by atoms with Crippen molar-refractivity contribution in [1.29, 1.82) is 0 Å². The summed E-state index contributed by atoms with van der Waals surface area (Å²) in [5.74, 6) is 5.50. The van der Waals surface area contributed by atoms with Gasteiger partial charge in [-0.25, -0.2) is 5.43 Å². The quantitative estimate of drug-likeness (QED) is 0.539. The third-order valence-corrected chi connectivity index (χ3v) is 2.93. The predicted octanol–water partition coefficient (Wildman–Crippen LogP) is 1.10. The summed E-state index contributed by atoms with van der Waals surface area (Å²) in [6, 6.07) is 7.48. The predicted molar refractivity (Wildman–Crippen MR) is 67.1 cm³/mol. The number of carbonyl (C=O) groups excluding carboxylic acids is 1. The molecule has 5 heteroatoms. The SMILES string of the molecule is CCCCN1C(=O)c2ccccc2NC1NN. The Hall–Kier alpha value is -1.59. The van der Waals surface area contributed by atoms with Gasteiger partial charge < -0.3 is 10.2 Å². The molecule has 1 aromatic rings. The van der Waals surface area contributed by atoms with Gasteiger partial charge in [0.15, 0.2) is 6.29 Å². The van der Waals surface area contributed by atoms with Crippen molar-refractivity contribution < 1.29 is 4.79 Å². The number of hydrogen-bond acceptors (Lipinski definition) is 4. The first-order valence-electron chi connectivity index (χ1n) is 5.90. The summed E-state index contributed by atoms with van der Waals surface area (Å²) >= 11 is 0. The number of unbranched alkanes of at least 4 members (excludes halogenated alkanes) is 1. The molecule has 0 aromatic heterocycles. The van der Waals surface area contributed by atoms with Gasteiger partial charge in [0.25, 0.3) is 5.91 Å². The molecule has 0 bridgehead atoms. The van der Waals surface area contributed by atoms with E-state index in [1.54, 1.807) is 4.90 Å². The van der Waals surface area contributed by atoms with Crippen molar-refractivity contribution in [2.45, 2.75) is 26.1 Å². The highest BCUT2D eigenvalue weighted by Gasteiger charge is 2.30. The minimum absolute atomic E-state index is 0.0238. The van der Waals surface area contributed by atoms with Gasteiger partial charge in [0, 0.05) is 12.2 Å². The van der Waals surface area contributed by atoms with Gasteiger partial charge in [0.2, 0.25) is 0 Å². The molecule has 2 rings (SSSR count). The van der Waals surface area contributed by atoms with E-state index in [2.05, 4.69) is 17.7 Å². The number of nitrogens with two attached hydrogens (primary N) is 1. The number of para-hydroxylation sites is 1. The number of benzene rings is 1. The molecule has 1 aliphatic rings. The first-order valence-corrected chi connectivity index (χ1v) is 5.90. The first-order chi connectivity index (χ1) is 8.27. The molecule has 92 valence electrons. The molecular formula is C12H18N4O. The Morgan fingerprint density at radius 2 is 2.24 bits per heavy atom. The fourth-order valence-electron chi connectivity index (χ4n) is 1.98. The molecule has 1 aromatic carbocycles. The lowest BCUT2D eigenvalue weighted by atomic mass is 10.1. The van der Waals surface area contributed by atoms with Crippen molar-refractivity contribution in [3.05, 3.63) is 29.8 Å². The molecule has 1 heterocycles. The van der Waals surface area contributed by atoms with Gasteiger partial charge in [-0.15, -0.1) is 0 Å². The fraction of sp³-hybridized carbons (Fsp3) is 0.417. The summed E-state index contributed by atoms with van der Waals surface area (Å²) in [4.78, 5) is 14.0. The molecule has 1 atom stereocenters. The van der Waals surface area contributed by atoms with E-state index in [9.17, 15) is 4.79 Å². The van der Waals surface area contributed by atoms with Crippen LogP contribution < -0.4 is 16.6 Å². The second kappa shape index (κ2) is 5.16. The zero-order chi connectivity index (χ0) is 12.3. The molecule has 17 heavy (non-hydrogen) atoms. The van der Waals surface area contributed by atoms with Crippen LogP contribution in [0.4, 0.5) is 5.69 Å². The highest BCUT2D eigenvalue weighted by molar-refractivity contribution is 6.01. The lowest BCUT2D eigenvalue weighted by Crippen LogP contribution is -2.58.